The Morgan fingerprint density at radius 1 is 1.04 bits per heavy atom. The topological polar surface area (TPSA) is 64.8 Å². The highest BCUT2D eigenvalue weighted by Gasteiger charge is 2.25. The number of nitrogens with two attached hydrogens (primary N) is 1. The molecule has 132 valence electrons. The van der Waals surface area contributed by atoms with Gasteiger partial charge in [0, 0.05) is 13.1 Å². The number of carbonyl (C=O) groups excluding carboxylic acids is 1. The van der Waals surface area contributed by atoms with E-state index in [2.05, 4.69) is 0 Å². The Labute approximate surface area is 148 Å². The minimum atomic E-state index is 0.0142. The Morgan fingerprint density at radius 2 is 1.72 bits per heavy atom. The third-order valence-electron chi connectivity index (χ3n) is 4.41. The van der Waals surface area contributed by atoms with E-state index in [1.807, 2.05) is 59.5 Å². The molecule has 1 aliphatic rings. The van der Waals surface area contributed by atoms with Crippen LogP contribution in [0.25, 0.3) is 0 Å². The predicted octanol–water partition coefficient (Wildman–Crippen LogP) is 2.45. The zero-order chi connectivity index (χ0) is 17.5. The fourth-order valence-electron chi connectivity index (χ4n) is 2.86. The molecule has 0 aromatic heterocycles. The molecule has 0 spiro atoms. The summed E-state index contributed by atoms with van der Waals surface area (Å²) >= 11 is 0. The lowest BCUT2D eigenvalue weighted by molar-refractivity contribution is -0.132. The molecule has 0 aliphatic carbocycles. The Hall–Kier alpha value is -2.53. The molecule has 2 aromatic carbocycles. The van der Waals surface area contributed by atoms with Gasteiger partial charge in [-0.3, -0.25) is 4.79 Å². The molecule has 1 heterocycles. The summed E-state index contributed by atoms with van der Waals surface area (Å²) in [7, 11) is 0. The van der Waals surface area contributed by atoms with E-state index in [4.69, 9.17) is 15.2 Å². The number of benzene rings is 2. The van der Waals surface area contributed by atoms with Gasteiger partial charge >= 0.3 is 0 Å². The number of carbonyl (C=O) groups is 1. The molecule has 25 heavy (non-hydrogen) atoms. The van der Waals surface area contributed by atoms with Gasteiger partial charge in [-0.15, -0.1) is 0 Å². The summed E-state index contributed by atoms with van der Waals surface area (Å²) < 4.78 is 11.3. The summed E-state index contributed by atoms with van der Waals surface area (Å²) in [6.07, 6.45) is 0.982. The van der Waals surface area contributed by atoms with Gasteiger partial charge in [-0.05, 0) is 48.7 Å². The molecular formula is C20H24N2O3. The molecule has 1 atom stereocenters. The van der Waals surface area contributed by atoms with E-state index in [0.717, 1.165) is 30.8 Å². The van der Waals surface area contributed by atoms with Crippen LogP contribution in [0.4, 0.5) is 0 Å². The first-order valence-corrected chi connectivity index (χ1v) is 8.62. The third kappa shape index (κ3) is 4.97. The molecule has 0 bridgehead atoms. The number of amides is 1. The van der Waals surface area contributed by atoms with Crippen LogP contribution in [-0.4, -0.2) is 37.0 Å². The van der Waals surface area contributed by atoms with Crippen molar-refractivity contribution in [2.45, 2.75) is 13.0 Å². The van der Waals surface area contributed by atoms with E-state index >= 15 is 0 Å². The number of likely N-dealkylation sites (tertiary alicyclic amines) is 1. The van der Waals surface area contributed by atoms with Crippen molar-refractivity contribution in [2.75, 3.05) is 26.2 Å². The van der Waals surface area contributed by atoms with Gasteiger partial charge in [-0.1, -0.05) is 30.3 Å². The summed E-state index contributed by atoms with van der Waals surface area (Å²) in [5.74, 6) is 1.87. The van der Waals surface area contributed by atoms with Gasteiger partial charge in [-0.2, -0.15) is 0 Å². The Bertz CT molecular complexity index is 673. The second-order valence-electron chi connectivity index (χ2n) is 6.26. The van der Waals surface area contributed by atoms with Crippen LogP contribution in [0.5, 0.6) is 11.5 Å². The van der Waals surface area contributed by atoms with Crippen LogP contribution >= 0.6 is 0 Å². The maximum atomic E-state index is 12.1. The highest BCUT2D eigenvalue weighted by molar-refractivity contribution is 5.78. The van der Waals surface area contributed by atoms with Crippen molar-refractivity contribution in [3.8, 4) is 11.5 Å². The van der Waals surface area contributed by atoms with E-state index in [1.165, 1.54) is 0 Å². The Kier molecular flexibility index (Phi) is 5.90. The fraction of sp³-hybridized carbons (Fsp3) is 0.350. The first-order valence-electron chi connectivity index (χ1n) is 8.62. The van der Waals surface area contributed by atoms with Gasteiger partial charge in [0.15, 0.2) is 6.61 Å². The van der Waals surface area contributed by atoms with Crippen molar-refractivity contribution >= 4 is 5.91 Å². The van der Waals surface area contributed by atoms with Crippen molar-refractivity contribution in [1.29, 1.82) is 0 Å². The molecule has 2 N–H and O–H groups in total. The first kappa shape index (κ1) is 17.3. The van der Waals surface area contributed by atoms with Crippen molar-refractivity contribution in [3.63, 3.8) is 0 Å². The molecule has 0 radical (unpaired) electrons. The van der Waals surface area contributed by atoms with Gasteiger partial charge in [0.05, 0.1) is 0 Å². The summed E-state index contributed by atoms with van der Waals surface area (Å²) in [5.41, 5.74) is 6.78. The van der Waals surface area contributed by atoms with Gasteiger partial charge in [0.25, 0.3) is 5.91 Å². The predicted molar refractivity (Wildman–Crippen MR) is 96.5 cm³/mol. The summed E-state index contributed by atoms with van der Waals surface area (Å²) in [4.78, 5) is 14.0. The molecule has 1 amide bonds. The van der Waals surface area contributed by atoms with E-state index < -0.39 is 0 Å². The van der Waals surface area contributed by atoms with Gasteiger partial charge < -0.3 is 20.1 Å². The van der Waals surface area contributed by atoms with Gasteiger partial charge in [-0.25, -0.2) is 0 Å². The third-order valence-corrected chi connectivity index (χ3v) is 4.41. The van der Waals surface area contributed by atoms with E-state index in [1.54, 1.807) is 0 Å². The van der Waals surface area contributed by atoms with Crippen LogP contribution in [0.3, 0.4) is 0 Å². The number of hydrogen-bond acceptors (Lipinski definition) is 4. The molecule has 0 saturated carbocycles. The molecule has 5 heteroatoms. The Morgan fingerprint density at radius 3 is 2.36 bits per heavy atom. The smallest absolute Gasteiger partial charge is 0.260 e. The van der Waals surface area contributed by atoms with Crippen LogP contribution in [0, 0.1) is 5.92 Å². The van der Waals surface area contributed by atoms with Crippen LogP contribution < -0.4 is 15.2 Å². The number of hydrogen-bond donors (Lipinski definition) is 1. The normalized spacial score (nSPS) is 16.7. The molecule has 1 unspecified atom stereocenters. The first-order chi connectivity index (χ1) is 12.2. The highest BCUT2D eigenvalue weighted by atomic mass is 16.5. The minimum Gasteiger partial charge on any atom is -0.489 e. The lowest BCUT2D eigenvalue weighted by Crippen LogP contribution is -2.33. The molecule has 1 saturated heterocycles. The van der Waals surface area contributed by atoms with E-state index in [0.29, 0.717) is 24.8 Å². The molecule has 3 rings (SSSR count). The SMILES string of the molecule is NCC1CCN(C(=O)COc2ccc(OCc3ccccc3)cc2)C1. The zero-order valence-corrected chi connectivity index (χ0v) is 14.3. The molecule has 1 aliphatic heterocycles. The quantitative estimate of drug-likeness (QED) is 0.841. The maximum absolute atomic E-state index is 12.1. The second-order valence-corrected chi connectivity index (χ2v) is 6.26. The largest absolute Gasteiger partial charge is 0.489 e. The van der Waals surface area contributed by atoms with Crippen LogP contribution in [0.2, 0.25) is 0 Å². The number of rotatable bonds is 7. The summed E-state index contributed by atoms with van der Waals surface area (Å²) in [6.45, 7) is 2.73. The van der Waals surface area contributed by atoms with Gasteiger partial charge in [0.1, 0.15) is 18.1 Å². The zero-order valence-electron chi connectivity index (χ0n) is 14.3. The van der Waals surface area contributed by atoms with Crippen molar-refractivity contribution in [3.05, 3.63) is 60.2 Å². The molecule has 5 nitrogen and oxygen atoms in total. The monoisotopic (exact) mass is 340 g/mol. The average molecular weight is 340 g/mol. The summed E-state index contributed by atoms with van der Waals surface area (Å²) in [6, 6.07) is 17.3. The molecular weight excluding hydrogens is 316 g/mol. The standard InChI is InChI=1S/C20H24N2O3/c21-12-17-10-11-22(13-17)20(23)15-25-19-8-6-18(7-9-19)24-14-16-4-2-1-3-5-16/h1-9,17H,10-15,21H2. The van der Waals surface area contributed by atoms with Gasteiger partial charge in [0.2, 0.25) is 0 Å². The summed E-state index contributed by atoms with van der Waals surface area (Å²) in [5, 5.41) is 0. The number of ether oxygens (including phenoxy) is 2. The Balaban J connectivity index is 1.44. The molecule has 1 fully saturated rings. The van der Waals surface area contributed by atoms with Crippen molar-refractivity contribution < 1.29 is 14.3 Å². The molecule has 2 aromatic rings. The lowest BCUT2D eigenvalue weighted by atomic mass is 10.1. The average Bonchev–Trinajstić information content (AvgIpc) is 3.15. The van der Waals surface area contributed by atoms with Crippen molar-refractivity contribution in [1.82, 2.24) is 4.90 Å². The van der Waals surface area contributed by atoms with E-state index in [-0.39, 0.29) is 12.5 Å². The number of nitrogens with zero attached hydrogens (tertiary/aromatic N) is 1. The maximum Gasteiger partial charge on any atom is 0.260 e. The van der Waals surface area contributed by atoms with Crippen LogP contribution in [0.15, 0.2) is 54.6 Å². The van der Waals surface area contributed by atoms with E-state index in [9.17, 15) is 4.79 Å². The second kappa shape index (κ2) is 8.53. The van der Waals surface area contributed by atoms with Crippen molar-refractivity contribution in [2.24, 2.45) is 11.7 Å². The van der Waals surface area contributed by atoms with Crippen LogP contribution in [-0.2, 0) is 11.4 Å². The minimum absolute atomic E-state index is 0.0142. The highest BCUT2D eigenvalue weighted by Crippen LogP contribution is 2.19. The van der Waals surface area contributed by atoms with Crippen LogP contribution in [0.1, 0.15) is 12.0 Å². The lowest BCUT2D eigenvalue weighted by Gasteiger charge is -2.16. The fourth-order valence-corrected chi connectivity index (χ4v) is 2.86.